The number of ether oxygens (including phenoxy) is 1. The molecular formula is C17H20N2O. The molecule has 3 nitrogen and oxygen atoms in total. The standard InChI is InChI=1S/C17H20N2O/c1-18-12-14-8-5-11-19-17(14)20-16-10-4-7-13-6-2-3-9-15(13)16/h2-3,5-6,8-9,11,16,18H,4,7,10,12H2,1H3. The minimum absolute atomic E-state index is 0.130. The van der Waals surface area contributed by atoms with Gasteiger partial charge < -0.3 is 10.1 Å². The van der Waals surface area contributed by atoms with Crippen molar-refractivity contribution in [3.63, 3.8) is 0 Å². The van der Waals surface area contributed by atoms with Gasteiger partial charge in [0.15, 0.2) is 0 Å². The van der Waals surface area contributed by atoms with Crippen LogP contribution in [0.15, 0.2) is 42.6 Å². The number of benzene rings is 1. The Labute approximate surface area is 120 Å². The molecule has 1 heterocycles. The third kappa shape index (κ3) is 2.68. The lowest BCUT2D eigenvalue weighted by atomic mass is 9.89. The Bertz CT molecular complexity index is 583. The van der Waals surface area contributed by atoms with Crippen LogP contribution in [-0.2, 0) is 13.0 Å². The molecule has 20 heavy (non-hydrogen) atoms. The fraction of sp³-hybridized carbons (Fsp3) is 0.353. The Hall–Kier alpha value is -1.87. The highest BCUT2D eigenvalue weighted by molar-refractivity contribution is 5.33. The van der Waals surface area contributed by atoms with E-state index in [9.17, 15) is 0 Å². The largest absolute Gasteiger partial charge is 0.469 e. The fourth-order valence-corrected chi connectivity index (χ4v) is 2.82. The summed E-state index contributed by atoms with van der Waals surface area (Å²) in [6, 6.07) is 12.6. The normalized spacial score (nSPS) is 17.6. The van der Waals surface area contributed by atoms with Gasteiger partial charge in [0.25, 0.3) is 0 Å². The Balaban J connectivity index is 1.86. The number of pyridine rings is 1. The second-order valence-corrected chi connectivity index (χ2v) is 5.20. The zero-order chi connectivity index (χ0) is 13.8. The first kappa shape index (κ1) is 13.1. The molecule has 0 saturated carbocycles. The summed E-state index contributed by atoms with van der Waals surface area (Å²) in [4.78, 5) is 4.40. The predicted molar refractivity (Wildman–Crippen MR) is 79.7 cm³/mol. The highest BCUT2D eigenvalue weighted by Crippen LogP contribution is 2.33. The van der Waals surface area contributed by atoms with Crippen LogP contribution in [0.5, 0.6) is 5.88 Å². The van der Waals surface area contributed by atoms with Gasteiger partial charge >= 0.3 is 0 Å². The van der Waals surface area contributed by atoms with Crippen molar-refractivity contribution in [2.24, 2.45) is 0 Å². The molecule has 0 amide bonds. The molecule has 0 aliphatic heterocycles. The molecule has 2 aromatic rings. The van der Waals surface area contributed by atoms with Crippen LogP contribution >= 0.6 is 0 Å². The van der Waals surface area contributed by atoms with Crippen LogP contribution in [0.25, 0.3) is 0 Å². The second kappa shape index (κ2) is 6.06. The Kier molecular flexibility index (Phi) is 3.97. The summed E-state index contributed by atoms with van der Waals surface area (Å²) in [7, 11) is 1.94. The summed E-state index contributed by atoms with van der Waals surface area (Å²) >= 11 is 0. The molecule has 1 aliphatic rings. The van der Waals surface area contributed by atoms with Gasteiger partial charge in [0.2, 0.25) is 5.88 Å². The third-order valence-electron chi connectivity index (χ3n) is 3.79. The monoisotopic (exact) mass is 268 g/mol. The van der Waals surface area contributed by atoms with E-state index in [2.05, 4.69) is 40.6 Å². The quantitative estimate of drug-likeness (QED) is 0.924. The first-order valence-corrected chi connectivity index (χ1v) is 7.21. The molecule has 0 bridgehead atoms. The van der Waals surface area contributed by atoms with Crippen LogP contribution in [-0.4, -0.2) is 12.0 Å². The van der Waals surface area contributed by atoms with E-state index < -0.39 is 0 Å². The molecule has 3 rings (SSSR count). The Morgan fingerprint density at radius 3 is 3.05 bits per heavy atom. The van der Waals surface area contributed by atoms with E-state index in [0.29, 0.717) is 0 Å². The maximum absolute atomic E-state index is 6.21. The van der Waals surface area contributed by atoms with Crippen molar-refractivity contribution in [2.45, 2.75) is 31.9 Å². The SMILES string of the molecule is CNCc1cccnc1OC1CCCc2ccccc21. The molecule has 1 aromatic heterocycles. The van der Waals surface area contributed by atoms with Crippen molar-refractivity contribution in [1.29, 1.82) is 0 Å². The Morgan fingerprint density at radius 1 is 1.25 bits per heavy atom. The number of rotatable bonds is 4. The van der Waals surface area contributed by atoms with Gasteiger partial charge in [0, 0.05) is 18.3 Å². The van der Waals surface area contributed by atoms with E-state index in [-0.39, 0.29) is 6.10 Å². The highest BCUT2D eigenvalue weighted by Gasteiger charge is 2.22. The number of hydrogen-bond acceptors (Lipinski definition) is 3. The molecule has 104 valence electrons. The van der Waals surface area contributed by atoms with E-state index in [0.717, 1.165) is 30.8 Å². The summed E-state index contributed by atoms with van der Waals surface area (Å²) in [5, 5.41) is 3.16. The van der Waals surface area contributed by atoms with E-state index in [1.165, 1.54) is 17.5 Å². The number of aromatic nitrogens is 1. The van der Waals surface area contributed by atoms with Gasteiger partial charge in [0.05, 0.1) is 0 Å². The van der Waals surface area contributed by atoms with Gasteiger partial charge in [-0.15, -0.1) is 0 Å². The smallest absolute Gasteiger partial charge is 0.218 e. The fourth-order valence-electron chi connectivity index (χ4n) is 2.82. The van der Waals surface area contributed by atoms with Crippen molar-refractivity contribution in [2.75, 3.05) is 7.05 Å². The van der Waals surface area contributed by atoms with E-state index in [1.54, 1.807) is 6.20 Å². The Morgan fingerprint density at radius 2 is 2.15 bits per heavy atom. The average molecular weight is 268 g/mol. The molecule has 0 fully saturated rings. The molecule has 3 heteroatoms. The molecule has 1 N–H and O–H groups in total. The van der Waals surface area contributed by atoms with E-state index in [4.69, 9.17) is 4.74 Å². The summed E-state index contributed by atoms with van der Waals surface area (Å²) in [5.74, 6) is 0.753. The van der Waals surface area contributed by atoms with Gasteiger partial charge in [-0.05, 0) is 43.5 Å². The summed E-state index contributed by atoms with van der Waals surface area (Å²) in [5.41, 5.74) is 3.84. The molecule has 0 spiro atoms. The van der Waals surface area contributed by atoms with Crippen LogP contribution in [0.3, 0.4) is 0 Å². The third-order valence-corrected chi connectivity index (χ3v) is 3.79. The van der Waals surface area contributed by atoms with Gasteiger partial charge in [-0.25, -0.2) is 4.98 Å². The highest BCUT2D eigenvalue weighted by atomic mass is 16.5. The molecule has 1 aromatic carbocycles. The van der Waals surface area contributed by atoms with Gasteiger partial charge in [-0.1, -0.05) is 30.3 Å². The van der Waals surface area contributed by atoms with E-state index in [1.807, 2.05) is 13.1 Å². The number of hydrogen-bond donors (Lipinski definition) is 1. The van der Waals surface area contributed by atoms with Gasteiger partial charge in [-0.2, -0.15) is 0 Å². The number of aryl methyl sites for hydroxylation is 1. The van der Waals surface area contributed by atoms with Crippen molar-refractivity contribution in [3.05, 3.63) is 59.3 Å². The molecular weight excluding hydrogens is 248 g/mol. The van der Waals surface area contributed by atoms with Crippen LogP contribution in [0.2, 0.25) is 0 Å². The van der Waals surface area contributed by atoms with Crippen molar-refractivity contribution in [1.82, 2.24) is 10.3 Å². The lowest BCUT2D eigenvalue weighted by molar-refractivity contribution is 0.173. The second-order valence-electron chi connectivity index (χ2n) is 5.20. The first-order valence-electron chi connectivity index (χ1n) is 7.21. The topological polar surface area (TPSA) is 34.2 Å². The predicted octanol–water partition coefficient (Wildman–Crippen LogP) is 3.26. The van der Waals surface area contributed by atoms with Crippen LogP contribution < -0.4 is 10.1 Å². The van der Waals surface area contributed by atoms with Crippen molar-refractivity contribution < 1.29 is 4.74 Å². The van der Waals surface area contributed by atoms with Gasteiger partial charge in [-0.3, -0.25) is 0 Å². The minimum Gasteiger partial charge on any atom is -0.469 e. The van der Waals surface area contributed by atoms with Crippen molar-refractivity contribution >= 4 is 0 Å². The first-order chi connectivity index (χ1) is 9.88. The van der Waals surface area contributed by atoms with E-state index >= 15 is 0 Å². The van der Waals surface area contributed by atoms with Crippen LogP contribution in [0.1, 0.15) is 35.6 Å². The number of nitrogens with one attached hydrogen (secondary N) is 1. The summed E-state index contributed by atoms with van der Waals surface area (Å²) in [6.07, 6.45) is 5.32. The molecule has 1 unspecified atom stereocenters. The van der Waals surface area contributed by atoms with Crippen LogP contribution in [0.4, 0.5) is 0 Å². The molecule has 0 saturated heterocycles. The molecule has 1 atom stereocenters. The molecule has 0 radical (unpaired) electrons. The zero-order valence-corrected chi connectivity index (χ0v) is 11.8. The van der Waals surface area contributed by atoms with Gasteiger partial charge in [0.1, 0.15) is 6.10 Å². The van der Waals surface area contributed by atoms with Crippen LogP contribution in [0, 0.1) is 0 Å². The number of nitrogens with zero attached hydrogens (tertiary/aromatic N) is 1. The maximum atomic E-state index is 6.21. The molecule has 1 aliphatic carbocycles. The number of fused-ring (bicyclic) bond motifs is 1. The zero-order valence-electron chi connectivity index (χ0n) is 11.8. The van der Waals surface area contributed by atoms with Crippen molar-refractivity contribution in [3.8, 4) is 5.88 Å². The minimum atomic E-state index is 0.130. The average Bonchev–Trinajstić information content (AvgIpc) is 2.50. The lowest BCUT2D eigenvalue weighted by Crippen LogP contribution is -2.17. The maximum Gasteiger partial charge on any atom is 0.218 e. The summed E-state index contributed by atoms with van der Waals surface area (Å²) in [6.45, 7) is 0.775. The summed E-state index contributed by atoms with van der Waals surface area (Å²) < 4.78 is 6.21. The lowest BCUT2D eigenvalue weighted by Gasteiger charge is -2.26.